The second-order valence-corrected chi connectivity index (χ2v) is 6.84. The van der Waals surface area contributed by atoms with Gasteiger partial charge < -0.3 is 14.5 Å². The van der Waals surface area contributed by atoms with E-state index in [2.05, 4.69) is 21.2 Å². The fourth-order valence-corrected chi connectivity index (χ4v) is 3.54. The molecule has 0 aliphatic carbocycles. The van der Waals surface area contributed by atoms with Gasteiger partial charge in [-0.25, -0.2) is 5.10 Å². The highest BCUT2D eigenvalue weighted by molar-refractivity contribution is 6.04. The van der Waals surface area contributed by atoms with Crippen LogP contribution < -0.4 is 10.5 Å². The molecule has 4 rings (SSSR count). The van der Waals surface area contributed by atoms with Gasteiger partial charge in [-0.15, -0.1) is 0 Å². The Morgan fingerprint density at radius 2 is 1.79 bits per heavy atom. The molecule has 1 aromatic heterocycles. The summed E-state index contributed by atoms with van der Waals surface area (Å²) in [7, 11) is 1.75. The lowest BCUT2D eigenvalue weighted by atomic mass is 10.1. The summed E-state index contributed by atoms with van der Waals surface area (Å²) < 4.78 is 5.45. The van der Waals surface area contributed by atoms with Crippen LogP contribution in [0.25, 0.3) is 10.8 Å². The zero-order valence-corrected chi connectivity index (χ0v) is 15.7. The van der Waals surface area contributed by atoms with Gasteiger partial charge in [0.15, 0.2) is 5.69 Å². The summed E-state index contributed by atoms with van der Waals surface area (Å²) in [4.78, 5) is 29.0. The molecular weight excluding hydrogens is 356 g/mol. The summed E-state index contributed by atoms with van der Waals surface area (Å²) in [6.07, 6.45) is 0. The van der Waals surface area contributed by atoms with Gasteiger partial charge in [-0.05, 0) is 17.7 Å². The number of aromatic amines is 1. The lowest BCUT2D eigenvalue weighted by Gasteiger charge is -2.31. The van der Waals surface area contributed by atoms with Crippen molar-refractivity contribution in [1.82, 2.24) is 15.1 Å². The summed E-state index contributed by atoms with van der Waals surface area (Å²) in [5.41, 5.74) is 2.13. The fraction of sp³-hybridized carbons (Fsp3) is 0.286. The maximum Gasteiger partial charge on any atom is 0.274 e. The van der Waals surface area contributed by atoms with E-state index < -0.39 is 0 Å². The first kappa shape index (κ1) is 18.2. The number of nitrogens with one attached hydrogen (secondary N) is 1. The lowest BCUT2D eigenvalue weighted by molar-refractivity contribution is 0.0780. The van der Waals surface area contributed by atoms with E-state index in [-0.39, 0.29) is 17.2 Å². The average Bonchev–Trinajstić information content (AvgIpc) is 2.75. The molecule has 2 heterocycles. The lowest BCUT2D eigenvalue weighted by Crippen LogP contribution is -2.37. The predicted molar refractivity (Wildman–Crippen MR) is 108 cm³/mol. The van der Waals surface area contributed by atoms with Gasteiger partial charge in [0, 0.05) is 37.8 Å². The number of ether oxygens (including phenoxy) is 1. The number of fused-ring (bicyclic) bond motifs is 1. The van der Waals surface area contributed by atoms with E-state index >= 15 is 0 Å². The van der Waals surface area contributed by atoms with Crippen molar-refractivity contribution in [2.24, 2.45) is 0 Å². The minimum absolute atomic E-state index is 0.232. The van der Waals surface area contributed by atoms with Gasteiger partial charge in [0.05, 0.1) is 18.6 Å². The number of aromatic nitrogens is 2. The summed E-state index contributed by atoms with van der Waals surface area (Å²) in [6, 6.07) is 15.1. The van der Waals surface area contributed by atoms with Crippen LogP contribution in [-0.2, 0) is 11.3 Å². The third-order valence-corrected chi connectivity index (χ3v) is 5.00. The van der Waals surface area contributed by atoms with Crippen molar-refractivity contribution in [2.45, 2.75) is 6.54 Å². The molecule has 3 aromatic rings. The van der Waals surface area contributed by atoms with Gasteiger partial charge in [0.2, 0.25) is 0 Å². The Labute approximate surface area is 162 Å². The van der Waals surface area contributed by atoms with Crippen LogP contribution in [0, 0.1) is 0 Å². The fourth-order valence-electron chi connectivity index (χ4n) is 3.54. The molecule has 0 spiro atoms. The highest BCUT2D eigenvalue weighted by Gasteiger charge is 2.20. The molecule has 0 radical (unpaired) electrons. The number of morpholine rings is 1. The minimum Gasteiger partial charge on any atom is -0.378 e. The van der Waals surface area contributed by atoms with E-state index in [1.54, 1.807) is 36.2 Å². The number of hydrogen-bond donors (Lipinski definition) is 1. The number of amides is 1. The first-order chi connectivity index (χ1) is 13.6. The number of anilines is 1. The molecule has 0 saturated carbocycles. The summed E-state index contributed by atoms with van der Waals surface area (Å²) in [5.74, 6) is -0.232. The smallest absolute Gasteiger partial charge is 0.274 e. The van der Waals surface area contributed by atoms with Crippen molar-refractivity contribution in [1.29, 1.82) is 0 Å². The van der Waals surface area contributed by atoms with Gasteiger partial charge in [-0.2, -0.15) is 5.10 Å². The van der Waals surface area contributed by atoms with E-state index in [0.29, 0.717) is 30.5 Å². The molecule has 2 aromatic carbocycles. The zero-order chi connectivity index (χ0) is 19.5. The van der Waals surface area contributed by atoms with Gasteiger partial charge in [-0.3, -0.25) is 9.59 Å². The third kappa shape index (κ3) is 3.48. The predicted octanol–water partition coefficient (Wildman–Crippen LogP) is 2.03. The quantitative estimate of drug-likeness (QED) is 0.752. The molecule has 7 heteroatoms. The SMILES string of the molecule is CN(Cc1ccccc1N1CCOCC1)C(=O)c1n[nH]c(=O)c2ccccc12. The van der Waals surface area contributed by atoms with Crippen molar-refractivity contribution in [3.05, 3.63) is 70.1 Å². The average molecular weight is 378 g/mol. The largest absolute Gasteiger partial charge is 0.378 e. The maximum absolute atomic E-state index is 13.1. The normalized spacial score (nSPS) is 14.2. The molecule has 144 valence electrons. The molecule has 0 unspecified atom stereocenters. The van der Waals surface area contributed by atoms with Crippen LogP contribution in [0.15, 0.2) is 53.3 Å². The number of nitrogens with zero attached hydrogens (tertiary/aromatic N) is 3. The Hall–Kier alpha value is -3.19. The second-order valence-electron chi connectivity index (χ2n) is 6.84. The third-order valence-electron chi connectivity index (χ3n) is 5.00. The van der Waals surface area contributed by atoms with Crippen LogP contribution in [-0.4, -0.2) is 54.4 Å². The Morgan fingerprint density at radius 3 is 2.57 bits per heavy atom. The van der Waals surface area contributed by atoms with E-state index in [1.807, 2.05) is 18.2 Å². The van der Waals surface area contributed by atoms with Gasteiger partial charge >= 0.3 is 0 Å². The monoisotopic (exact) mass is 378 g/mol. The molecule has 1 amide bonds. The van der Waals surface area contributed by atoms with E-state index in [1.165, 1.54) is 0 Å². The highest BCUT2D eigenvalue weighted by Crippen LogP contribution is 2.23. The number of carbonyl (C=O) groups is 1. The van der Waals surface area contributed by atoms with Crippen molar-refractivity contribution in [3.8, 4) is 0 Å². The van der Waals surface area contributed by atoms with E-state index in [4.69, 9.17) is 4.74 Å². The topological polar surface area (TPSA) is 78.5 Å². The van der Waals surface area contributed by atoms with Crippen molar-refractivity contribution in [2.75, 3.05) is 38.3 Å². The summed E-state index contributed by atoms with van der Waals surface area (Å²) in [6.45, 7) is 3.52. The van der Waals surface area contributed by atoms with E-state index in [0.717, 1.165) is 24.3 Å². The Balaban J connectivity index is 1.61. The number of H-pyrrole nitrogens is 1. The van der Waals surface area contributed by atoms with E-state index in [9.17, 15) is 9.59 Å². The number of rotatable bonds is 4. The molecule has 28 heavy (non-hydrogen) atoms. The summed E-state index contributed by atoms with van der Waals surface area (Å²) in [5, 5.41) is 7.48. The van der Waals surface area contributed by atoms with Gasteiger partial charge in [-0.1, -0.05) is 36.4 Å². The standard InChI is InChI=1S/C21H22N4O3/c1-24(14-15-6-2-5-9-18(15)25-10-12-28-13-11-25)21(27)19-16-7-3-4-8-17(16)20(26)23-22-19/h2-9H,10-14H2,1H3,(H,23,26). The van der Waals surface area contributed by atoms with Crippen LogP contribution in [0.4, 0.5) is 5.69 Å². The number of carbonyl (C=O) groups excluding carboxylic acids is 1. The molecule has 0 atom stereocenters. The van der Waals surface area contributed by atoms with Crippen molar-refractivity contribution >= 4 is 22.4 Å². The maximum atomic E-state index is 13.1. The molecular formula is C21H22N4O3. The second kappa shape index (κ2) is 7.82. The number of benzene rings is 2. The van der Waals surface area contributed by atoms with Crippen molar-refractivity contribution in [3.63, 3.8) is 0 Å². The minimum atomic E-state index is -0.299. The molecule has 0 bridgehead atoms. The highest BCUT2D eigenvalue weighted by atomic mass is 16.5. The molecule has 1 aliphatic rings. The van der Waals surface area contributed by atoms with Crippen LogP contribution in [0.2, 0.25) is 0 Å². The van der Waals surface area contributed by atoms with Crippen molar-refractivity contribution < 1.29 is 9.53 Å². The molecule has 1 saturated heterocycles. The Kier molecular flexibility index (Phi) is 5.08. The Bertz CT molecular complexity index is 1060. The molecule has 1 aliphatic heterocycles. The number of hydrogen-bond acceptors (Lipinski definition) is 5. The Morgan fingerprint density at radius 1 is 1.11 bits per heavy atom. The number of para-hydroxylation sites is 1. The zero-order valence-electron chi connectivity index (χ0n) is 15.7. The molecule has 1 N–H and O–H groups in total. The van der Waals surface area contributed by atoms with Crippen LogP contribution in [0.3, 0.4) is 0 Å². The molecule has 1 fully saturated rings. The van der Waals surface area contributed by atoms with Crippen LogP contribution in [0.1, 0.15) is 16.1 Å². The summed E-state index contributed by atoms with van der Waals surface area (Å²) >= 11 is 0. The first-order valence-electron chi connectivity index (χ1n) is 9.28. The van der Waals surface area contributed by atoms with Crippen LogP contribution in [0.5, 0.6) is 0 Å². The first-order valence-corrected chi connectivity index (χ1v) is 9.28. The van der Waals surface area contributed by atoms with Gasteiger partial charge in [0.1, 0.15) is 0 Å². The van der Waals surface area contributed by atoms with Crippen LogP contribution >= 0.6 is 0 Å². The molecule has 7 nitrogen and oxygen atoms in total. The van der Waals surface area contributed by atoms with Gasteiger partial charge in [0.25, 0.3) is 11.5 Å².